The van der Waals surface area contributed by atoms with Crippen molar-refractivity contribution >= 4 is 11.5 Å². The second kappa shape index (κ2) is 7.99. The highest BCUT2D eigenvalue weighted by molar-refractivity contribution is 5.98. The summed E-state index contributed by atoms with van der Waals surface area (Å²) in [7, 11) is 0. The van der Waals surface area contributed by atoms with E-state index >= 15 is 0 Å². The molecular formula is C18H25NO2. The van der Waals surface area contributed by atoms with Crippen LogP contribution in [0.4, 0.5) is 0 Å². The lowest BCUT2D eigenvalue weighted by molar-refractivity contribution is -0.138. The highest BCUT2D eigenvalue weighted by Crippen LogP contribution is 2.28. The van der Waals surface area contributed by atoms with Gasteiger partial charge in [-0.15, -0.1) is 0 Å². The second-order valence-electron chi connectivity index (χ2n) is 5.42. The van der Waals surface area contributed by atoms with E-state index in [9.17, 15) is 4.79 Å². The van der Waals surface area contributed by atoms with Crippen molar-refractivity contribution in [2.45, 2.75) is 33.1 Å². The van der Waals surface area contributed by atoms with Gasteiger partial charge in [-0.3, -0.25) is 4.90 Å². The zero-order valence-electron chi connectivity index (χ0n) is 13.1. The van der Waals surface area contributed by atoms with E-state index in [1.54, 1.807) is 0 Å². The smallest absolute Gasteiger partial charge is 0.335 e. The Labute approximate surface area is 127 Å². The summed E-state index contributed by atoms with van der Waals surface area (Å²) in [6.07, 6.45) is 3.28. The molecule has 114 valence electrons. The highest BCUT2D eigenvalue weighted by atomic mass is 16.5. The summed E-state index contributed by atoms with van der Waals surface area (Å²) in [5, 5.41) is 0. The van der Waals surface area contributed by atoms with Crippen LogP contribution >= 0.6 is 0 Å². The van der Waals surface area contributed by atoms with Crippen LogP contribution in [0.25, 0.3) is 5.57 Å². The number of rotatable bonds is 6. The summed E-state index contributed by atoms with van der Waals surface area (Å²) in [5.74, 6) is -0.155. The SMILES string of the molecule is CCCCN1CCC(c2ccccc2)=C(C(=O)OCC)C1. The average Bonchev–Trinajstić information content (AvgIpc) is 2.53. The first-order valence-electron chi connectivity index (χ1n) is 7.93. The molecule has 2 rings (SSSR count). The van der Waals surface area contributed by atoms with Crippen molar-refractivity contribution in [3.05, 3.63) is 41.5 Å². The normalized spacial score (nSPS) is 16.1. The van der Waals surface area contributed by atoms with Gasteiger partial charge >= 0.3 is 5.97 Å². The largest absolute Gasteiger partial charge is 0.463 e. The second-order valence-corrected chi connectivity index (χ2v) is 5.42. The number of esters is 1. The lowest BCUT2D eigenvalue weighted by Gasteiger charge is -2.30. The minimum absolute atomic E-state index is 0.155. The Kier molecular flexibility index (Phi) is 6.00. The van der Waals surface area contributed by atoms with Crippen LogP contribution in [0.15, 0.2) is 35.9 Å². The van der Waals surface area contributed by atoms with E-state index in [1.807, 2.05) is 25.1 Å². The van der Waals surface area contributed by atoms with Gasteiger partial charge in [0.1, 0.15) is 0 Å². The van der Waals surface area contributed by atoms with E-state index in [-0.39, 0.29) is 5.97 Å². The van der Waals surface area contributed by atoms with E-state index in [4.69, 9.17) is 4.74 Å². The maximum atomic E-state index is 12.3. The van der Waals surface area contributed by atoms with Crippen molar-refractivity contribution in [1.82, 2.24) is 4.90 Å². The molecule has 0 unspecified atom stereocenters. The molecule has 1 aromatic carbocycles. The fraction of sp³-hybridized carbons (Fsp3) is 0.500. The summed E-state index contributed by atoms with van der Waals surface area (Å²) < 4.78 is 5.26. The minimum atomic E-state index is -0.155. The van der Waals surface area contributed by atoms with Crippen molar-refractivity contribution in [2.24, 2.45) is 0 Å². The maximum absolute atomic E-state index is 12.3. The molecule has 0 bridgehead atoms. The molecule has 0 aromatic heterocycles. The monoisotopic (exact) mass is 287 g/mol. The number of hydrogen-bond donors (Lipinski definition) is 0. The lowest BCUT2D eigenvalue weighted by Crippen LogP contribution is -2.35. The molecule has 0 spiro atoms. The number of hydrogen-bond acceptors (Lipinski definition) is 3. The van der Waals surface area contributed by atoms with E-state index in [2.05, 4.69) is 24.0 Å². The van der Waals surface area contributed by atoms with Crippen molar-refractivity contribution in [1.29, 1.82) is 0 Å². The molecule has 1 aliphatic rings. The molecule has 0 aliphatic carbocycles. The van der Waals surface area contributed by atoms with Crippen molar-refractivity contribution in [3.8, 4) is 0 Å². The van der Waals surface area contributed by atoms with Gasteiger partial charge in [-0.1, -0.05) is 43.7 Å². The fourth-order valence-electron chi connectivity index (χ4n) is 2.76. The summed E-state index contributed by atoms with van der Waals surface area (Å²) in [5.41, 5.74) is 3.14. The molecule has 3 heteroatoms. The summed E-state index contributed by atoms with van der Waals surface area (Å²) >= 11 is 0. The first-order valence-corrected chi connectivity index (χ1v) is 7.93. The molecule has 0 radical (unpaired) electrons. The van der Waals surface area contributed by atoms with Crippen LogP contribution in [0.1, 0.15) is 38.7 Å². The topological polar surface area (TPSA) is 29.5 Å². The molecule has 1 aliphatic heterocycles. The number of unbranched alkanes of at least 4 members (excludes halogenated alkanes) is 1. The third-order valence-electron chi connectivity index (χ3n) is 3.90. The molecular weight excluding hydrogens is 262 g/mol. The van der Waals surface area contributed by atoms with Gasteiger partial charge in [0.25, 0.3) is 0 Å². The van der Waals surface area contributed by atoms with E-state index in [0.29, 0.717) is 13.2 Å². The number of ether oxygens (including phenoxy) is 1. The average molecular weight is 287 g/mol. The van der Waals surface area contributed by atoms with Crippen LogP contribution in [0.5, 0.6) is 0 Å². The van der Waals surface area contributed by atoms with Gasteiger partial charge in [0, 0.05) is 13.1 Å². The Balaban J connectivity index is 2.25. The first-order chi connectivity index (χ1) is 10.3. The Hall–Kier alpha value is -1.61. The van der Waals surface area contributed by atoms with Gasteiger partial charge in [-0.25, -0.2) is 4.79 Å². The third kappa shape index (κ3) is 4.18. The predicted octanol–water partition coefficient (Wildman–Crippen LogP) is 3.51. The van der Waals surface area contributed by atoms with Gasteiger partial charge in [0.2, 0.25) is 0 Å². The van der Waals surface area contributed by atoms with Crippen molar-refractivity contribution < 1.29 is 9.53 Å². The van der Waals surface area contributed by atoms with E-state index < -0.39 is 0 Å². The quantitative estimate of drug-likeness (QED) is 0.750. The van der Waals surface area contributed by atoms with Crippen LogP contribution in [-0.4, -0.2) is 37.1 Å². The number of nitrogens with zero attached hydrogens (tertiary/aromatic N) is 1. The van der Waals surface area contributed by atoms with Crippen LogP contribution in [0, 0.1) is 0 Å². The first kappa shape index (κ1) is 15.8. The van der Waals surface area contributed by atoms with Gasteiger partial charge in [0.15, 0.2) is 0 Å². The van der Waals surface area contributed by atoms with Gasteiger partial charge in [-0.2, -0.15) is 0 Å². The minimum Gasteiger partial charge on any atom is -0.463 e. The van der Waals surface area contributed by atoms with Gasteiger partial charge in [0.05, 0.1) is 12.2 Å². The van der Waals surface area contributed by atoms with Crippen molar-refractivity contribution in [3.63, 3.8) is 0 Å². The van der Waals surface area contributed by atoms with Crippen LogP contribution in [0.2, 0.25) is 0 Å². The Bertz CT molecular complexity index is 493. The number of benzene rings is 1. The Morgan fingerprint density at radius 3 is 2.67 bits per heavy atom. The van der Waals surface area contributed by atoms with Crippen molar-refractivity contribution in [2.75, 3.05) is 26.2 Å². The lowest BCUT2D eigenvalue weighted by atomic mass is 9.93. The molecule has 1 aromatic rings. The Morgan fingerprint density at radius 1 is 1.24 bits per heavy atom. The summed E-state index contributed by atoms with van der Waals surface area (Å²) in [6, 6.07) is 10.2. The standard InChI is InChI=1S/C18H25NO2/c1-3-5-12-19-13-11-16(15-9-7-6-8-10-15)17(14-19)18(20)21-4-2/h6-10H,3-5,11-14H2,1-2H3. The zero-order valence-corrected chi connectivity index (χ0v) is 13.1. The van der Waals surface area contributed by atoms with Crippen LogP contribution in [0.3, 0.4) is 0 Å². The predicted molar refractivity (Wildman–Crippen MR) is 86.0 cm³/mol. The summed E-state index contributed by atoms with van der Waals surface area (Å²) in [6.45, 7) is 7.27. The summed E-state index contributed by atoms with van der Waals surface area (Å²) in [4.78, 5) is 14.7. The number of carbonyl (C=O) groups is 1. The van der Waals surface area contributed by atoms with E-state index in [1.165, 1.54) is 12.8 Å². The number of carbonyl (C=O) groups excluding carboxylic acids is 1. The molecule has 0 N–H and O–H groups in total. The van der Waals surface area contributed by atoms with Crippen LogP contribution < -0.4 is 0 Å². The molecule has 0 atom stereocenters. The zero-order chi connectivity index (χ0) is 15.1. The molecule has 0 saturated heterocycles. The Morgan fingerprint density at radius 2 is 2.00 bits per heavy atom. The molecule has 0 amide bonds. The third-order valence-corrected chi connectivity index (χ3v) is 3.90. The fourth-order valence-corrected chi connectivity index (χ4v) is 2.76. The van der Waals surface area contributed by atoms with E-state index in [0.717, 1.165) is 36.2 Å². The maximum Gasteiger partial charge on any atom is 0.335 e. The van der Waals surface area contributed by atoms with Gasteiger partial charge in [-0.05, 0) is 37.4 Å². The molecule has 3 nitrogen and oxygen atoms in total. The van der Waals surface area contributed by atoms with Crippen LogP contribution in [-0.2, 0) is 9.53 Å². The van der Waals surface area contributed by atoms with Gasteiger partial charge < -0.3 is 4.74 Å². The molecule has 0 saturated carbocycles. The molecule has 21 heavy (non-hydrogen) atoms. The molecule has 0 fully saturated rings. The highest BCUT2D eigenvalue weighted by Gasteiger charge is 2.25. The molecule has 1 heterocycles.